The number of hydrogen-bond acceptors (Lipinski definition) is 9. The van der Waals surface area contributed by atoms with Crippen LogP contribution in [0.1, 0.15) is 0 Å². The van der Waals surface area contributed by atoms with Crippen LogP contribution in [-0.2, 0) is 9.47 Å². The van der Waals surface area contributed by atoms with Crippen molar-refractivity contribution in [2.24, 2.45) is 0 Å². The quantitative estimate of drug-likeness (QED) is 0.811. The Morgan fingerprint density at radius 1 is 0.870 bits per heavy atom. The Morgan fingerprint density at radius 2 is 1.57 bits per heavy atom. The molecule has 9 heteroatoms. The highest BCUT2D eigenvalue weighted by Crippen LogP contribution is 2.28. The average Bonchev–Trinajstić information content (AvgIpc) is 3.14. The average molecular weight is 334 g/mol. The van der Waals surface area contributed by atoms with Crippen LogP contribution in [0.2, 0.25) is 0 Å². The van der Waals surface area contributed by atoms with E-state index in [0.717, 1.165) is 74.3 Å². The summed E-state index contributed by atoms with van der Waals surface area (Å²) in [6.07, 6.45) is 3.53. The molecule has 0 saturated carbocycles. The maximum absolute atomic E-state index is 5.38. The number of anilines is 2. The predicted molar refractivity (Wildman–Crippen MR) is 87.0 cm³/mol. The molecular weight excluding hydrogens is 316 g/mol. The SMILES string of the molecule is c1ncc(N2CCOCC2)nc1-c1nnc(N2CCOCC2)s1. The molecule has 2 aromatic heterocycles. The molecule has 0 radical (unpaired) electrons. The van der Waals surface area contributed by atoms with Crippen molar-refractivity contribution < 1.29 is 9.47 Å². The molecule has 0 aromatic carbocycles. The van der Waals surface area contributed by atoms with Gasteiger partial charge in [-0.25, -0.2) is 4.98 Å². The van der Waals surface area contributed by atoms with Crippen molar-refractivity contribution in [2.45, 2.75) is 0 Å². The zero-order chi connectivity index (χ0) is 15.5. The van der Waals surface area contributed by atoms with Gasteiger partial charge in [0.25, 0.3) is 0 Å². The maximum Gasteiger partial charge on any atom is 0.208 e. The van der Waals surface area contributed by atoms with Crippen molar-refractivity contribution in [3.63, 3.8) is 0 Å². The molecule has 0 amide bonds. The molecule has 0 atom stereocenters. The van der Waals surface area contributed by atoms with Crippen LogP contribution in [0.4, 0.5) is 10.9 Å². The normalized spacial score (nSPS) is 19.1. The van der Waals surface area contributed by atoms with E-state index >= 15 is 0 Å². The van der Waals surface area contributed by atoms with Crippen molar-refractivity contribution in [2.75, 3.05) is 62.4 Å². The lowest BCUT2D eigenvalue weighted by atomic mass is 10.4. The van der Waals surface area contributed by atoms with Gasteiger partial charge in [-0.3, -0.25) is 4.98 Å². The fraction of sp³-hybridized carbons (Fsp3) is 0.571. The van der Waals surface area contributed by atoms with E-state index in [1.54, 1.807) is 23.7 Å². The van der Waals surface area contributed by atoms with Gasteiger partial charge < -0.3 is 19.3 Å². The van der Waals surface area contributed by atoms with E-state index < -0.39 is 0 Å². The third kappa shape index (κ3) is 3.26. The lowest BCUT2D eigenvalue weighted by Crippen LogP contribution is -2.36. The highest BCUT2D eigenvalue weighted by Gasteiger charge is 2.18. The summed E-state index contributed by atoms with van der Waals surface area (Å²) >= 11 is 1.55. The highest BCUT2D eigenvalue weighted by molar-refractivity contribution is 7.18. The molecule has 0 bridgehead atoms. The number of morpholine rings is 2. The van der Waals surface area contributed by atoms with Crippen LogP contribution in [-0.4, -0.2) is 72.8 Å². The predicted octanol–water partition coefficient (Wildman–Crippen LogP) is 0.668. The van der Waals surface area contributed by atoms with Gasteiger partial charge in [-0.05, 0) is 0 Å². The summed E-state index contributed by atoms with van der Waals surface area (Å²) in [5, 5.41) is 10.3. The van der Waals surface area contributed by atoms with Crippen LogP contribution in [0.25, 0.3) is 10.7 Å². The van der Waals surface area contributed by atoms with E-state index in [1.165, 1.54) is 0 Å². The minimum Gasteiger partial charge on any atom is -0.378 e. The third-order valence-electron chi connectivity index (χ3n) is 3.87. The van der Waals surface area contributed by atoms with Gasteiger partial charge in [-0.15, -0.1) is 10.2 Å². The van der Waals surface area contributed by atoms with Crippen LogP contribution in [0.15, 0.2) is 12.4 Å². The Hall–Kier alpha value is -1.84. The molecule has 2 aliphatic heterocycles. The Kier molecular flexibility index (Phi) is 4.31. The molecule has 4 heterocycles. The van der Waals surface area contributed by atoms with E-state index in [0.29, 0.717) is 0 Å². The molecule has 4 rings (SSSR count). The second-order valence-electron chi connectivity index (χ2n) is 5.35. The maximum atomic E-state index is 5.38. The van der Waals surface area contributed by atoms with E-state index in [1.807, 2.05) is 0 Å². The van der Waals surface area contributed by atoms with Gasteiger partial charge in [-0.1, -0.05) is 11.3 Å². The summed E-state index contributed by atoms with van der Waals surface area (Å²) in [5.74, 6) is 0.869. The highest BCUT2D eigenvalue weighted by atomic mass is 32.1. The topological polar surface area (TPSA) is 76.5 Å². The molecule has 122 valence electrons. The number of nitrogens with zero attached hydrogens (tertiary/aromatic N) is 6. The number of rotatable bonds is 3. The first kappa shape index (κ1) is 14.7. The molecule has 0 N–H and O–H groups in total. The molecule has 0 spiro atoms. The Morgan fingerprint density at radius 3 is 2.30 bits per heavy atom. The molecule has 8 nitrogen and oxygen atoms in total. The van der Waals surface area contributed by atoms with Crippen molar-refractivity contribution >= 4 is 22.3 Å². The summed E-state index contributed by atoms with van der Waals surface area (Å²) in [6.45, 7) is 6.32. The van der Waals surface area contributed by atoms with E-state index in [4.69, 9.17) is 14.5 Å². The van der Waals surface area contributed by atoms with E-state index in [2.05, 4.69) is 25.0 Å². The molecule has 2 aliphatic rings. The fourth-order valence-corrected chi connectivity index (χ4v) is 3.46. The number of ether oxygens (including phenoxy) is 2. The summed E-state index contributed by atoms with van der Waals surface area (Å²) in [6, 6.07) is 0. The minimum atomic E-state index is 0.728. The van der Waals surface area contributed by atoms with Gasteiger partial charge in [0.1, 0.15) is 11.5 Å². The van der Waals surface area contributed by atoms with Crippen molar-refractivity contribution in [1.29, 1.82) is 0 Å². The van der Waals surface area contributed by atoms with Crippen molar-refractivity contribution in [1.82, 2.24) is 20.2 Å². The lowest BCUT2D eigenvalue weighted by molar-refractivity contribution is 0.122. The van der Waals surface area contributed by atoms with Crippen LogP contribution < -0.4 is 9.80 Å². The molecule has 2 aromatic rings. The van der Waals surface area contributed by atoms with Crippen molar-refractivity contribution in [3.05, 3.63) is 12.4 Å². The van der Waals surface area contributed by atoms with Crippen LogP contribution in [0.5, 0.6) is 0 Å². The first-order valence-corrected chi connectivity index (χ1v) is 8.53. The van der Waals surface area contributed by atoms with Crippen LogP contribution in [0.3, 0.4) is 0 Å². The molecular formula is C14H18N6O2S. The summed E-state index contributed by atoms with van der Waals surface area (Å²) in [7, 11) is 0. The van der Waals surface area contributed by atoms with Crippen molar-refractivity contribution in [3.8, 4) is 10.7 Å². The van der Waals surface area contributed by atoms with Gasteiger partial charge in [0, 0.05) is 26.2 Å². The number of aromatic nitrogens is 4. The summed E-state index contributed by atoms with van der Waals surface area (Å²) in [4.78, 5) is 13.4. The van der Waals surface area contributed by atoms with E-state index in [9.17, 15) is 0 Å². The lowest BCUT2D eigenvalue weighted by Gasteiger charge is -2.27. The number of hydrogen-bond donors (Lipinski definition) is 0. The summed E-state index contributed by atoms with van der Waals surface area (Å²) < 4.78 is 10.8. The first-order valence-electron chi connectivity index (χ1n) is 7.71. The second-order valence-corrected chi connectivity index (χ2v) is 6.31. The molecule has 2 fully saturated rings. The van der Waals surface area contributed by atoms with Gasteiger partial charge >= 0.3 is 0 Å². The Balaban J connectivity index is 1.54. The first-order chi connectivity index (χ1) is 11.4. The van der Waals surface area contributed by atoms with Gasteiger partial charge in [0.15, 0.2) is 5.01 Å². The second kappa shape index (κ2) is 6.73. The van der Waals surface area contributed by atoms with Gasteiger partial charge in [-0.2, -0.15) is 0 Å². The smallest absolute Gasteiger partial charge is 0.208 e. The molecule has 2 saturated heterocycles. The third-order valence-corrected chi connectivity index (χ3v) is 4.88. The minimum absolute atomic E-state index is 0.728. The Bertz CT molecular complexity index is 654. The van der Waals surface area contributed by atoms with Crippen LogP contribution >= 0.6 is 11.3 Å². The largest absolute Gasteiger partial charge is 0.378 e. The van der Waals surface area contributed by atoms with Gasteiger partial charge in [0.05, 0.1) is 38.8 Å². The zero-order valence-electron chi connectivity index (χ0n) is 12.7. The molecule has 23 heavy (non-hydrogen) atoms. The fourth-order valence-electron chi connectivity index (χ4n) is 2.60. The summed E-state index contributed by atoms with van der Waals surface area (Å²) in [5.41, 5.74) is 0.769. The zero-order valence-corrected chi connectivity index (χ0v) is 13.5. The molecule has 0 unspecified atom stereocenters. The van der Waals surface area contributed by atoms with E-state index in [-0.39, 0.29) is 0 Å². The van der Waals surface area contributed by atoms with Crippen LogP contribution in [0, 0.1) is 0 Å². The Labute approximate surface area is 138 Å². The molecule has 0 aliphatic carbocycles. The standard InChI is InChI=1S/C14H18N6O2S/c1-5-21-6-2-19(1)12-10-15-9-11(16-12)13-17-18-14(23-13)20-3-7-22-8-4-20/h9-10H,1-8H2. The van der Waals surface area contributed by atoms with Gasteiger partial charge in [0.2, 0.25) is 5.13 Å². The monoisotopic (exact) mass is 334 g/mol.